The number of hydrogen-bond donors (Lipinski definition) is 2. The zero-order valence-electron chi connectivity index (χ0n) is 10.9. The highest BCUT2D eigenvalue weighted by molar-refractivity contribution is 6.44. The van der Waals surface area contributed by atoms with E-state index in [0.717, 1.165) is 5.56 Å². The van der Waals surface area contributed by atoms with Gasteiger partial charge < -0.3 is 11.1 Å². The van der Waals surface area contributed by atoms with Crippen LogP contribution in [-0.4, -0.2) is 5.91 Å². The Balaban J connectivity index is 2.21. The lowest BCUT2D eigenvalue weighted by Gasteiger charge is -2.15. The van der Waals surface area contributed by atoms with Gasteiger partial charge in [0, 0.05) is 5.69 Å². The molecule has 0 aromatic heterocycles. The predicted octanol–water partition coefficient (Wildman–Crippen LogP) is 4.07. The van der Waals surface area contributed by atoms with Crippen molar-refractivity contribution < 1.29 is 4.79 Å². The van der Waals surface area contributed by atoms with Gasteiger partial charge in [-0.3, -0.25) is 4.79 Å². The van der Waals surface area contributed by atoms with Crippen molar-refractivity contribution in [1.82, 2.24) is 5.32 Å². The molecule has 0 radical (unpaired) electrons. The predicted molar refractivity (Wildman–Crippen MR) is 83.2 cm³/mol. The van der Waals surface area contributed by atoms with Crippen molar-refractivity contribution >= 4 is 34.8 Å². The summed E-state index contributed by atoms with van der Waals surface area (Å²) in [5.41, 5.74) is 7.37. The summed E-state index contributed by atoms with van der Waals surface area (Å²) < 4.78 is 0. The SMILES string of the molecule is C[C@H](NC(=O)c1cc(N)cc(Cl)c1Cl)c1ccccc1. The summed E-state index contributed by atoms with van der Waals surface area (Å²) in [7, 11) is 0. The summed E-state index contributed by atoms with van der Waals surface area (Å²) in [6.07, 6.45) is 0. The zero-order valence-corrected chi connectivity index (χ0v) is 12.4. The Labute approximate surface area is 127 Å². The van der Waals surface area contributed by atoms with E-state index in [-0.39, 0.29) is 27.6 Å². The fraction of sp³-hybridized carbons (Fsp3) is 0.133. The molecule has 2 rings (SSSR count). The molecule has 3 nitrogen and oxygen atoms in total. The van der Waals surface area contributed by atoms with Gasteiger partial charge in [0.15, 0.2) is 0 Å². The van der Waals surface area contributed by atoms with Gasteiger partial charge in [-0.2, -0.15) is 0 Å². The highest BCUT2D eigenvalue weighted by Crippen LogP contribution is 2.29. The average molecular weight is 309 g/mol. The second-order valence-electron chi connectivity index (χ2n) is 4.47. The lowest BCUT2D eigenvalue weighted by atomic mass is 10.1. The van der Waals surface area contributed by atoms with Crippen molar-refractivity contribution in [3.05, 3.63) is 63.6 Å². The molecule has 0 heterocycles. The van der Waals surface area contributed by atoms with Gasteiger partial charge >= 0.3 is 0 Å². The minimum atomic E-state index is -0.305. The third kappa shape index (κ3) is 3.24. The number of halogens is 2. The van der Waals surface area contributed by atoms with Crippen LogP contribution in [-0.2, 0) is 0 Å². The number of carbonyl (C=O) groups is 1. The molecule has 1 amide bonds. The van der Waals surface area contributed by atoms with E-state index in [0.29, 0.717) is 5.69 Å². The molecule has 2 aromatic rings. The van der Waals surface area contributed by atoms with Crippen LogP contribution in [0.25, 0.3) is 0 Å². The number of nitrogens with two attached hydrogens (primary N) is 1. The van der Waals surface area contributed by atoms with Gasteiger partial charge in [-0.25, -0.2) is 0 Å². The van der Waals surface area contributed by atoms with Crippen LogP contribution in [0.1, 0.15) is 28.9 Å². The first-order chi connectivity index (χ1) is 9.49. The molecule has 5 heteroatoms. The van der Waals surface area contributed by atoms with Crippen LogP contribution in [0.3, 0.4) is 0 Å². The van der Waals surface area contributed by atoms with Crippen molar-refractivity contribution in [2.45, 2.75) is 13.0 Å². The molecule has 0 bridgehead atoms. The molecular weight excluding hydrogens is 295 g/mol. The molecule has 3 N–H and O–H groups in total. The molecule has 0 unspecified atom stereocenters. The minimum absolute atomic E-state index is 0.139. The van der Waals surface area contributed by atoms with E-state index >= 15 is 0 Å². The van der Waals surface area contributed by atoms with Crippen molar-refractivity contribution in [2.75, 3.05) is 5.73 Å². The monoisotopic (exact) mass is 308 g/mol. The second-order valence-corrected chi connectivity index (χ2v) is 5.26. The number of amides is 1. The molecule has 0 aliphatic carbocycles. The van der Waals surface area contributed by atoms with Gasteiger partial charge in [-0.15, -0.1) is 0 Å². The summed E-state index contributed by atoms with van der Waals surface area (Å²) in [4.78, 5) is 12.2. The molecular formula is C15H14Cl2N2O. The van der Waals surface area contributed by atoms with Crippen LogP contribution in [0.2, 0.25) is 10.0 Å². The second kappa shape index (κ2) is 6.16. The molecule has 0 spiro atoms. The first-order valence-electron chi connectivity index (χ1n) is 6.09. The third-order valence-electron chi connectivity index (χ3n) is 2.94. The molecule has 1 atom stereocenters. The third-order valence-corrected chi connectivity index (χ3v) is 3.74. The molecule has 20 heavy (non-hydrogen) atoms. The Kier molecular flexibility index (Phi) is 4.53. The van der Waals surface area contributed by atoms with E-state index < -0.39 is 0 Å². The lowest BCUT2D eigenvalue weighted by Crippen LogP contribution is -2.27. The summed E-state index contributed by atoms with van der Waals surface area (Å²) in [6.45, 7) is 1.90. The van der Waals surface area contributed by atoms with E-state index in [4.69, 9.17) is 28.9 Å². The van der Waals surface area contributed by atoms with Crippen molar-refractivity contribution in [3.8, 4) is 0 Å². The number of anilines is 1. The largest absolute Gasteiger partial charge is 0.399 e. The highest BCUT2D eigenvalue weighted by Gasteiger charge is 2.16. The molecule has 0 aliphatic rings. The zero-order chi connectivity index (χ0) is 14.7. The fourth-order valence-corrected chi connectivity index (χ4v) is 2.30. The van der Waals surface area contributed by atoms with E-state index in [1.165, 1.54) is 12.1 Å². The summed E-state index contributed by atoms with van der Waals surface area (Å²) in [5, 5.41) is 3.34. The van der Waals surface area contributed by atoms with Gasteiger partial charge in [-0.1, -0.05) is 53.5 Å². The topological polar surface area (TPSA) is 55.1 Å². The highest BCUT2D eigenvalue weighted by atomic mass is 35.5. The number of benzene rings is 2. The maximum absolute atomic E-state index is 12.2. The van der Waals surface area contributed by atoms with Gasteiger partial charge in [0.25, 0.3) is 5.91 Å². The quantitative estimate of drug-likeness (QED) is 0.840. The maximum Gasteiger partial charge on any atom is 0.253 e. The lowest BCUT2D eigenvalue weighted by molar-refractivity contribution is 0.0940. The number of rotatable bonds is 3. The van der Waals surface area contributed by atoms with Gasteiger partial charge in [0.1, 0.15) is 0 Å². The maximum atomic E-state index is 12.2. The minimum Gasteiger partial charge on any atom is -0.399 e. The van der Waals surface area contributed by atoms with Crippen LogP contribution >= 0.6 is 23.2 Å². The Morgan fingerprint density at radius 3 is 2.50 bits per heavy atom. The van der Waals surface area contributed by atoms with Gasteiger partial charge in [0.2, 0.25) is 0 Å². The Morgan fingerprint density at radius 2 is 1.85 bits per heavy atom. The number of carbonyl (C=O) groups excluding carboxylic acids is 1. The molecule has 2 aromatic carbocycles. The van der Waals surface area contributed by atoms with E-state index in [1.54, 1.807) is 0 Å². The van der Waals surface area contributed by atoms with E-state index in [9.17, 15) is 4.79 Å². The van der Waals surface area contributed by atoms with Crippen LogP contribution in [0.5, 0.6) is 0 Å². The Morgan fingerprint density at radius 1 is 1.20 bits per heavy atom. The Hall–Kier alpha value is -1.71. The molecule has 0 saturated carbocycles. The molecule has 104 valence electrons. The van der Waals surface area contributed by atoms with E-state index in [2.05, 4.69) is 5.32 Å². The normalized spacial score (nSPS) is 11.9. The number of nitrogen functional groups attached to an aromatic ring is 1. The van der Waals surface area contributed by atoms with Crippen LogP contribution in [0, 0.1) is 0 Å². The smallest absolute Gasteiger partial charge is 0.253 e. The molecule has 0 fully saturated rings. The van der Waals surface area contributed by atoms with Gasteiger partial charge in [0.05, 0.1) is 21.7 Å². The molecule has 0 aliphatic heterocycles. The first kappa shape index (κ1) is 14.7. The summed E-state index contributed by atoms with van der Waals surface area (Å²) in [5.74, 6) is -0.305. The standard InChI is InChI=1S/C15H14Cl2N2O/c1-9(10-5-3-2-4-6-10)19-15(20)12-7-11(18)8-13(16)14(12)17/h2-9H,18H2,1H3,(H,19,20)/t9-/m0/s1. The number of nitrogens with one attached hydrogen (secondary N) is 1. The number of hydrogen-bond acceptors (Lipinski definition) is 2. The van der Waals surface area contributed by atoms with Crippen molar-refractivity contribution in [2.24, 2.45) is 0 Å². The fourth-order valence-electron chi connectivity index (χ4n) is 1.87. The summed E-state index contributed by atoms with van der Waals surface area (Å²) in [6, 6.07) is 12.5. The first-order valence-corrected chi connectivity index (χ1v) is 6.85. The Bertz CT molecular complexity index is 629. The van der Waals surface area contributed by atoms with Crippen LogP contribution in [0.15, 0.2) is 42.5 Å². The molecule has 0 saturated heterocycles. The van der Waals surface area contributed by atoms with Crippen LogP contribution in [0.4, 0.5) is 5.69 Å². The van der Waals surface area contributed by atoms with Crippen molar-refractivity contribution in [3.63, 3.8) is 0 Å². The van der Waals surface area contributed by atoms with Crippen LogP contribution < -0.4 is 11.1 Å². The van der Waals surface area contributed by atoms with Crippen molar-refractivity contribution in [1.29, 1.82) is 0 Å². The van der Waals surface area contributed by atoms with Gasteiger partial charge in [-0.05, 0) is 24.6 Å². The summed E-state index contributed by atoms with van der Waals surface area (Å²) >= 11 is 12.0. The average Bonchev–Trinajstić information content (AvgIpc) is 2.43. The van der Waals surface area contributed by atoms with E-state index in [1.807, 2.05) is 37.3 Å².